The highest BCUT2D eigenvalue weighted by atomic mass is 16.5. The van der Waals surface area contributed by atoms with E-state index in [1.54, 1.807) is 7.11 Å². The third kappa shape index (κ3) is 5.05. The number of benzene rings is 2. The number of hydrogen-bond donors (Lipinski definition) is 0. The zero-order chi connectivity index (χ0) is 20.1. The second-order valence-electron chi connectivity index (χ2n) is 7.55. The predicted octanol–water partition coefficient (Wildman–Crippen LogP) is 4.84. The number of piperidine rings is 1. The molecular weight excluding hydrogens is 364 g/mol. The number of oxazole rings is 1. The first kappa shape index (κ1) is 19.7. The average Bonchev–Trinajstić information content (AvgIpc) is 3.13. The van der Waals surface area contributed by atoms with E-state index in [2.05, 4.69) is 29.2 Å². The number of likely N-dealkylation sites (tertiary alicyclic amines) is 1. The third-order valence-electron chi connectivity index (χ3n) is 5.39. The number of aromatic nitrogens is 1. The van der Waals surface area contributed by atoms with Crippen LogP contribution in [0.15, 0.2) is 59.0 Å². The summed E-state index contributed by atoms with van der Waals surface area (Å²) in [5.74, 6) is 2.37. The first-order valence-corrected chi connectivity index (χ1v) is 10.2. The molecule has 29 heavy (non-hydrogen) atoms. The summed E-state index contributed by atoms with van der Waals surface area (Å²) in [7, 11) is 1.66. The Morgan fingerprint density at radius 2 is 1.90 bits per heavy atom. The van der Waals surface area contributed by atoms with Crippen LogP contribution in [0.2, 0.25) is 0 Å². The van der Waals surface area contributed by atoms with Crippen molar-refractivity contribution in [3.63, 3.8) is 0 Å². The monoisotopic (exact) mass is 392 g/mol. The van der Waals surface area contributed by atoms with Crippen molar-refractivity contribution in [3.8, 4) is 17.2 Å². The number of hydrogen-bond acceptors (Lipinski definition) is 5. The zero-order valence-electron chi connectivity index (χ0n) is 17.1. The van der Waals surface area contributed by atoms with Crippen molar-refractivity contribution in [2.75, 3.05) is 20.2 Å². The van der Waals surface area contributed by atoms with Gasteiger partial charge in [0, 0.05) is 18.7 Å². The van der Waals surface area contributed by atoms with Crippen molar-refractivity contribution >= 4 is 0 Å². The highest BCUT2D eigenvalue weighted by molar-refractivity contribution is 5.55. The van der Waals surface area contributed by atoms with Crippen LogP contribution in [-0.4, -0.2) is 36.2 Å². The van der Waals surface area contributed by atoms with Crippen LogP contribution >= 0.6 is 0 Å². The maximum Gasteiger partial charge on any atom is 0.226 e. The van der Waals surface area contributed by atoms with Gasteiger partial charge in [0.2, 0.25) is 5.89 Å². The molecule has 0 aliphatic carbocycles. The van der Waals surface area contributed by atoms with Gasteiger partial charge in [-0.05, 0) is 56.1 Å². The summed E-state index contributed by atoms with van der Waals surface area (Å²) in [4.78, 5) is 7.18. The van der Waals surface area contributed by atoms with Gasteiger partial charge in [-0.25, -0.2) is 4.98 Å². The Morgan fingerprint density at radius 1 is 1.10 bits per heavy atom. The summed E-state index contributed by atoms with van der Waals surface area (Å²) in [6.07, 6.45) is 2.51. The molecule has 1 aliphatic heterocycles. The molecule has 152 valence electrons. The van der Waals surface area contributed by atoms with Crippen molar-refractivity contribution in [1.29, 1.82) is 0 Å². The lowest BCUT2D eigenvalue weighted by molar-refractivity contribution is -0.0123. The van der Waals surface area contributed by atoms with E-state index in [0.29, 0.717) is 12.5 Å². The van der Waals surface area contributed by atoms with Gasteiger partial charge in [-0.3, -0.25) is 4.90 Å². The number of ether oxygens (including phenoxy) is 2. The number of methoxy groups -OCH3 is 1. The van der Waals surface area contributed by atoms with Gasteiger partial charge in [0.15, 0.2) is 0 Å². The molecule has 0 N–H and O–H groups in total. The molecule has 2 heterocycles. The molecule has 0 radical (unpaired) electrons. The van der Waals surface area contributed by atoms with Gasteiger partial charge in [0.05, 0.1) is 25.5 Å². The quantitative estimate of drug-likeness (QED) is 0.576. The summed E-state index contributed by atoms with van der Waals surface area (Å²) in [5.41, 5.74) is 3.18. The van der Waals surface area contributed by atoms with Gasteiger partial charge in [-0.15, -0.1) is 0 Å². The topological polar surface area (TPSA) is 47.7 Å². The lowest BCUT2D eigenvalue weighted by Crippen LogP contribution is -2.39. The molecule has 1 aliphatic rings. The van der Waals surface area contributed by atoms with Gasteiger partial charge in [-0.2, -0.15) is 0 Å². The largest absolute Gasteiger partial charge is 0.497 e. The van der Waals surface area contributed by atoms with E-state index >= 15 is 0 Å². The highest BCUT2D eigenvalue weighted by Crippen LogP contribution is 2.25. The summed E-state index contributed by atoms with van der Waals surface area (Å²) in [6, 6.07) is 18.2. The Balaban J connectivity index is 1.36. The van der Waals surface area contributed by atoms with Crippen LogP contribution in [0.25, 0.3) is 11.5 Å². The summed E-state index contributed by atoms with van der Waals surface area (Å²) >= 11 is 0. The van der Waals surface area contributed by atoms with Crippen molar-refractivity contribution in [2.24, 2.45) is 0 Å². The minimum absolute atomic E-state index is 0.261. The lowest BCUT2D eigenvalue weighted by atomic mass is 10.1. The fraction of sp³-hybridized carbons (Fsp3) is 0.375. The number of aryl methyl sites for hydroxylation is 1. The molecule has 3 aromatic rings. The molecule has 5 nitrogen and oxygen atoms in total. The van der Waals surface area contributed by atoms with Crippen LogP contribution < -0.4 is 4.74 Å². The van der Waals surface area contributed by atoms with Crippen LogP contribution in [0.3, 0.4) is 0 Å². The van der Waals surface area contributed by atoms with Crippen LogP contribution in [0.5, 0.6) is 5.75 Å². The molecule has 0 spiro atoms. The maximum absolute atomic E-state index is 6.17. The predicted molar refractivity (Wildman–Crippen MR) is 113 cm³/mol. The minimum atomic E-state index is 0.261. The Bertz CT molecular complexity index is 906. The van der Waals surface area contributed by atoms with Crippen molar-refractivity contribution < 1.29 is 13.9 Å². The van der Waals surface area contributed by atoms with E-state index < -0.39 is 0 Å². The normalized spacial score (nSPS) is 17.4. The Morgan fingerprint density at radius 3 is 2.66 bits per heavy atom. The van der Waals surface area contributed by atoms with Crippen LogP contribution in [0.4, 0.5) is 0 Å². The standard InChI is InChI=1S/C24H28N2O3/c1-18-23(25-24(29-18)20-10-12-21(27-2)13-11-20)16-26-14-6-9-22(15-26)28-17-19-7-4-3-5-8-19/h3-5,7-8,10-13,22H,6,9,14-17H2,1-2H3/t22-/m0/s1. The Kier molecular flexibility index (Phi) is 6.27. The minimum Gasteiger partial charge on any atom is -0.497 e. The molecule has 5 heteroatoms. The molecule has 0 saturated carbocycles. The number of nitrogens with zero attached hydrogens (tertiary/aromatic N) is 2. The molecule has 1 atom stereocenters. The molecule has 1 fully saturated rings. The van der Waals surface area contributed by atoms with Gasteiger partial charge < -0.3 is 13.9 Å². The molecule has 2 aromatic carbocycles. The summed E-state index contributed by atoms with van der Waals surface area (Å²) in [6.45, 7) is 5.44. The van der Waals surface area contributed by atoms with Crippen molar-refractivity contribution in [3.05, 3.63) is 71.6 Å². The van der Waals surface area contributed by atoms with Gasteiger partial charge in [0.25, 0.3) is 0 Å². The fourth-order valence-electron chi connectivity index (χ4n) is 3.72. The van der Waals surface area contributed by atoms with E-state index in [1.165, 1.54) is 5.56 Å². The third-order valence-corrected chi connectivity index (χ3v) is 5.39. The summed E-state index contributed by atoms with van der Waals surface area (Å²) < 4.78 is 17.3. The van der Waals surface area contributed by atoms with Gasteiger partial charge in [-0.1, -0.05) is 30.3 Å². The number of rotatable bonds is 7. The fourth-order valence-corrected chi connectivity index (χ4v) is 3.72. The van der Waals surface area contributed by atoms with Crippen molar-refractivity contribution in [2.45, 2.75) is 39.0 Å². The first-order valence-electron chi connectivity index (χ1n) is 10.2. The van der Waals surface area contributed by atoms with Crippen LogP contribution in [-0.2, 0) is 17.9 Å². The average molecular weight is 392 g/mol. The highest BCUT2D eigenvalue weighted by Gasteiger charge is 2.23. The molecule has 0 bridgehead atoms. The van der Waals surface area contributed by atoms with Gasteiger partial charge in [0.1, 0.15) is 11.5 Å². The zero-order valence-corrected chi connectivity index (χ0v) is 17.1. The Labute approximate surface area is 172 Å². The first-order chi connectivity index (χ1) is 14.2. The van der Waals surface area contributed by atoms with E-state index in [0.717, 1.165) is 55.2 Å². The smallest absolute Gasteiger partial charge is 0.226 e. The molecule has 1 saturated heterocycles. The van der Waals surface area contributed by atoms with E-state index in [4.69, 9.17) is 18.9 Å². The lowest BCUT2D eigenvalue weighted by Gasteiger charge is -2.32. The van der Waals surface area contributed by atoms with E-state index in [1.807, 2.05) is 37.3 Å². The summed E-state index contributed by atoms with van der Waals surface area (Å²) in [5, 5.41) is 0. The maximum atomic E-state index is 6.17. The molecule has 0 unspecified atom stereocenters. The SMILES string of the molecule is COc1ccc(-c2nc(CN3CCC[C@H](OCc4ccccc4)C3)c(C)o2)cc1. The van der Waals surface area contributed by atoms with Gasteiger partial charge >= 0.3 is 0 Å². The molecule has 4 rings (SSSR count). The van der Waals surface area contributed by atoms with E-state index in [-0.39, 0.29) is 6.10 Å². The second-order valence-corrected chi connectivity index (χ2v) is 7.55. The molecule has 1 aromatic heterocycles. The van der Waals surface area contributed by atoms with Crippen LogP contribution in [0.1, 0.15) is 29.9 Å². The van der Waals surface area contributed by atoms with E-state index in [9.17, 15) is 0 Å². The van der Waals surface area contributed by atoms with Crippen LogP contribution in [0, 0.1) is 6.92 Å². The molecule has 0 amide bonds. The Hall–Kier alpha value is -2.63. The van der Waals surface area contributed by atoms with Crippen molar-refractivity contribution in [1.82, 2.24) is 9.88 Å². The molecular formula is C24H28N2O3. The second kappa shape index (κ2) is 9.25.